The van der Waals surface area contributed by atoms with Crippen molar-refractivity contribution in [1.29, 1.82) is 5.26 Å². The van der Waals surface area contributed by atoms with Gasteiger partial charge in [-0.05, 0) is 23.8 Å². The molecule has 1 N–H and O–H groups in total. The highest BCUT2D eigenvalue weighted by atomic mass is 19.1. The molecule has 0 fully saturated rings. The van der Waals surface area contributed by atoms with Crippen LogP contribution in [0.25, 0.3) is 0 Å². The Kier molecular flexibility index (Phi) is 2.60. The highest BCUT2D eigenvalue weighted by Crippen LogP contribution is 2.10. The zero-order valence-corrected chi connectivity index (χ0v) is 6.62. The molecule has 66 valence electrons. The predicted octanol–water partition coefficient (Wildman–Crippen LogP) is 1.32. The zero-order valence-electron chi connectivity index (χ0n) is 6.62. The molecule has 0 bridgehead atoms. The van der Waals surface area contributed by atoms with Crippen LogP contribution in [0.5, 0.6) is 0 Å². The highest BCUT2D eigenvalue weighted by Gasteiger charge is 2.07. The summed E-state index contributed by atoms with van der Waals surface area (Å²) in [5.74, 6) is -1.61. The Balaban J connectivity index is 3.10. The highest BCUT2D eigenvalue weighted by molar-refractivity contribution is 5.71. The standard InChI is InChI=1S/C9H6FNO2/c10-8-2-1-6(5-11)7(3-8)4-9(12)13/h1-3H,4H2,(H,12,13). The van der Waals surface area contributed by atoms with Crippen LogP contribution in [-0.4, -0.2) is 11.1 Å². The van der Waals surface area contributed by atoms with Crippen molar-refractivity contribution < 1.29 is 14.3 Å². The largest absolute Gasteiger partial charge is 0.481 e. The summed E-state index contributed by atoms with van der Waals surface area (Å²) in [7, 11) is 0. The third-order valence-electron chi connectivity index (χ3n) is 1.53. The van der Waals surface area contributed by atoms with Gasteiger partial charge in [0.2, 0.25) is 0 Å². The fourth-order valence-electron chi connectivity index (χ4n) is 0.981. The van der Waals surface area contributed by atoms with Gasteiger partial charge in [0.1, 0.15) is 5.82 Å². The number of benzene rings is 1. The number of rotatable bonds is 2. The molecule has 0 amide bonds. The van der Waals surface area contributed by atoms with Crippen LogP contribution in [0.1, 0.15) is 11.1 Å². The van der Waals surface area contributed by atoms with Gasteiger partial charge in [0.05, 0.1) is 18.1 Å². The van der Waals surface area contributed by atoms with E-state index in [9.17, 15) is 9.18 Å². The second-order valence-corrected chi connectivity index (χ2v) is 2.48. The average Bonchev–Trinajstić information content (AvgIpc) is 2.03. The average molecular weight is 179 g/mol. The Bertz CT molecular complexity index is 382. The summed E-state index contributed by atoms with van der Waals surface area (Å²) in [4.78, 5) is 10.3. The number of hydrogen-bond donors (Lipinski definition) is 1. The molecule has 0 atom stereocenters. The fraction of sp³-hybridized carbons (Fsp3) is 0.111. The van der Waals surface area contributed by atoms with E-state index in [0.29, 0.717) is 0 Å². The summed E-state index contributed by atoms with van der Waals surface area (Å²) in [6, 6.07) is 5.26. The van der Waals surface area contributed by atoms with E-state index >= 15 is 0 Å². The van der Waals surface area contributed by atoms with E-state index in [1.807, 2.05) is 0 Å². The molecular formula is C9H6FNO2. The minimum Gasteiger partial charge on any atom is -0.481 e. The first-order valence-corrected chi connectivity index (χ1v) is 3.54. The van der Waals surface area contributed by atoms with Gasteiger partial charge >= 0.3 is 5.97 Å². The maximum absolute atomic E-state index is 12.6. The molecule has 0 aliphatic rings. The van der Waals surface area contributed by atoms with Crippen molar-refractivity contribution in [3.63, 3.8) is 0 Å². The maximum atomic E-state index is 12.6. The lowest BCUT2D eigenvalue weighted by atomic mass is 10.1. The van der Waals surface area contributed by atoms with Crippen molar-refractivity contribution in [2.45, 2.75) is 6.42 Å². The van der Waals surface area contributed by atoms with Crippen LogP contribution in [0.15, 0.2) is 18.2 Å². The van der Waals surface area contributed by atoms with Gasteiger partial charge in [-0.2, -0.15) is 5.26 Å². The second-order valence-electron chi connectivity index (χ2n) is 2.48. The molecule has 4 heteroatoms. The number of carboxylic acids is 1. The molecule has 0 saturated carbocycles. The van der Waals surface area contributed by atoms with E-state index in [1.54, 1.807) is 6.07 Å². The van der Waals surface area contributed by atoms with Crippen LogP contribution < -0.4 is 0 Å². The van der Waals surface area contributed by atoms with Crippen LogP contribution in [0.3, 0.4) is 0 Å². The second kappa shape index (κ2) is 3.68. The summed E-state index contributed by atoms with van der Waals surface area (Å²) < 4.78 is 12.6. The molecule has 1 aromatic carbocycles. The normalized spacial score (nSPS) is 9.23. The van der Waals surface area contributed by atoms with Crippen molar-refractivity contribution in [2.24, 2.45) is 0 Å². The molecule has 3 nitrogen and oxygen atoms in total. The number of carbonyl (C=O) groups is 1. The number of nitriles is 1. The molecule has 0 aliphatic carbocycles. The van der Waals surface area contributed by atoms with Crippen LogP contribution in [0.4, 0.5) is 4.39 Å². The summed E-state index contributed by atoms with van der Waals surface area (Å²) in [5.41, 5.74) is 0.402. The first-order chi connectivity index (χ1) is 6.13. The van der Waals surface area contributed by atoms with E-state index < -0.39 is 11.8 Å². The van der Waals surface area contributed by atoms with Crippen molar-refractivity contribution >= 4 is 5.97 Å². The van der Waals surface area contributed by atoms with E-state index in [4.69, 9.17) is 10.4 Å². The third kappa shape index (κ3) is 2.27. The predicted molar refractivity (Wildman–Crippen MR) is 42.5 cm³/mol. The molecule has 1 rings (SSSR count). The van der Waals surface area contributed by atoms with Gasteiger partial charge < -0.3 is 5.11 Å². The van der Waals surface area contributed by atoms with Gasteiger partial charge in [-0.15, -0.1) is 0 Å². The molecule has 0 aromatic heterocycles. The fourth-order valence-corrected chi connectivity index (χ4v) is 0.981. The molecule has 0 heterocycles. The third-order valence-corrected chi connectivity index (χ3v) is 1.53. The van der Waals surface area contributed by atoms with Crippen molar-refractivity contribution in [1.82, 2.24) is 0 Å². The van der Waals surface area contributed by atoms with Gasteiger partial charge in [0, 0.05) is 0 Å². The van der Waals surface area contributed by atoms with Crippen molar-refractivity contribution in [3.05, 3.63) is 35.1 Å². The molecular weight excluding hydrogens is 173 g/mol. The molecule has 13 heavy (non-hydrogen) atoms. The SMILES string of the molecule is N#Cc1ccc(F)cc1CC(=O)O. The van der Waals surface area contributed by atoms with Gasteiger partial charge in [0.25, 0.3) is 0 Å². The minimum absolute atomic E-state index is 0.198. The number of aliphatic carboxylic acids is 1. The van der Waals surface area contributed by atoms with Gasteiger partial charge in [-0.1, -0.05) is 0 Å². The Labute approximate surface area is 74.0 Å². The van der Waals surface area contributed by atoms with Gasteiger partial charge in [-0.25, -0.2) is 4.39 Å². The first-order valence-electron chi connectivity index (χ1n) is 3.54. The number of hydrogen-bond acceptors (Lipinski definition) is 2. The lowest BCUT2D eigenvalue weighted by Gasteiger charge is -1.99. The van der Waals surface area contributed by atoms with Gasteiger partial charge in [-0.3, -0.25) is 4.79 Å². The van der Waals surface area contributed by atoms with Crippen LogP contribution in [0.2, 0.25) is 0 Å². The van der Waals surface area contributed by atoms with E-state index in [-0.39, 0.29) is 17.5 Å². The van der Waals surface area contributed by atoms with Gasteiger partial charge in [0.15, 0.2) is 0 Å². The van der Waals surface area contributed by atoms with Crippen LogP contribution >= 0.6 is 0 Å². The topological polar surface area (TPSA) is 61.1 Å². The first kappa shape index (κ1) is 9.20. The van der Waals surface area contributed by atoms with Crippen molar-refractivity contribution in [2.75, 3.05) is 0 Å². The number of carboxylic acid groups (broad SMARTS) is 1. The summed E-state index contributed by atoms with van der Waals surface area (Å²) >= 11 is 0. The Morgan fingerprint density at radius 2 is 2.31 bits per heavy atom. The Morgan fingerprint density at radius 1 is 1.62 bits per heavy atom. The van der Waals surface area contributed by atoms with Crippen molar-refractivity contribution in [3.8, 4) is 6.07 Å². The van der Waals surface area contributed by atoms with Crippen LogP contribution in [-0.2, 0) is 11.2 Å². The summed E-state index contributed by atoms with van der Waals surface area (Å²) in [5, 5.41) is 17.0. The molecule has 0 radical (unpaired) electrons. The van der Waals surface area contributed by atoms with E-state index in [2.05, 4.69) is 0 Å². The van der Waals surface area contributed by atoms with E-state index in [0.717, 1.165) is 12.1 Å². The lowest BCUT2D eigenvalue weighted by molar-refractivity contribution is -0.136. The summed E-state index contributed by atoms with van der Waals surface area (Å²) in [6.07, 6.45) is -0.333. The minimum atomic E-state index is -1.08. The summed E-state index contributed by atoms with van der Waals surface area (Å²) in [6.45, 7) is 0. The van der Waals surface area contributed by atoms with Crippen LogP contribution in [0, 0.1) is 17.1 Å². The van der Waals surface area contributed by atoms with E-state index in [1.165, 1.54) is 6.07 Å². The Hall–Kier alpha value is -1.89. The molecule has 0 unspecified atom stereocenters. The number of halogens is 1. The molecule has 0 saturated heterocycles. The molecule has 1 aromatic rings. The smallest absolute Gasteiger partial charge is 0.307 e. The monoisotopic (exact) mass is 179 g/mol. The molecule has 0 aliphatic heterocycles. The zero-order chi connectivity index (χ0) is 9.84. The Morgan fingerprint density at radius 3 is 2.85 bits per heavy atom. The number of nitrogens with zero attached hydrogens (tertiary/aromatic N) is 1. The lowest BCUT2D eigenvalue weighted by Crippen LogP contribution is -2.02. The quantitative estimate of drug-likeness (QED) is 0.744. The maximum Gasteiger partial charge on any atom is 0.307 e. The molecule has 0 spiro atoms.